The number of ketones is 2. The van der Waals surface area contributed by atoms with Crippen LogP contribution in [0.15, 0.2) is 42.2 Å². The maximum Gasteiger partial charge on any atom is 0.329 e. The summed E-state index contributed by atoms with van der Waals surface area (Å²) in [4.78, 5) is 35.1. The van der Waals surface area contributed by atoms with Crippen LogP contribution in [0.1, 0.15) is 12.5 Å². The minimum Gasteiger partial charge on any atom is -0.430 e. The number of hydrogen-bond acceptors (Lipinski definition) is 4. The fourth-order valence-corrected chi connectivity index (χ4v) is 1.88. The van der Waals surface area contributed by atoms with E-state index in [0.29, 0.717) is 5.02 Å². The fraction of sp³-hybridized carbons (Fsp3) is 0.133. The summed E-state index contributed by atoms with van der Waals surface area (Å²) >= 11 is 5.74. The Kier molecular flexibility index (Phi) is 4.15. The summed E-state index contributed by atoms with van der Waals surface area (Å²) in [6, 6.07) is 6.80. The number of carbonyl (C=O) groups excluding carboxylic acids is 3. The topological polar surface area (TPSA) is 60.4 Å². The van der Waals surface area contributed by atoms with E-state index >= 15 is 0 Å². The molecule has 0 saturated carbocycles. The molecule has 1 aliphatic heterocycles. The van der Waals surface area contributed by atoms with Crippen molar-refractivity contribution in [3.8, 4) is 0 Å². The van der Waals surface area contributed by atoms with Crippen molar-refractivity contribution >= 4 is 35.2 Å². The largest absolute Gasteiger partial charge is 0.430 e. The van der Waals surface area contributed by atoms with E-state index in [1.165, 1.54) is 19.1 Å². The van der Waals surface area contributed by atoms with Crippen LogP contribution in [0.25, 0.3) is 6.08 Å². The quantitative estimate of drug-likeness (QED) is 0.488. The smallest absolute Gasteiger partial charge is 0.329 e. The number of ether oxygens (including phenoxy) is 1. The average Bonchev–Trinajstić information content (AvgIpc) is 2.37. The second-order valence-corrected chi connectivity index (χ2v) is 4.74. The molecule has 0 amide bonds. The first-order chi connectivity index (χ1) is 9.47. The Bertz CT molecular complexity index is 626. The van der Waals surface area contributed by atoms with E-state index in [1.807, 2.05) is 0 Å². The molecule has 1 aromatic rings. The van der Waals surface area contributed by atoms with Crippen LogP contribution in [0, 0.1) is 5.92 Å². The summed E-state index contributed by atoms with van der Waals surface area (Å²) in [5.74, 6) is -3.18. The molecule has 0 radical (unpaired) electrons. The summed E-state index contributed by atoms with van der Waals surface area (Å²) in [5, 5.41) is 0.583. The van der Waals surface area contributed by atoms with Crippen LogP contribution in [0.3, 0.4) is 0 Å². The molecule has 1 aromatic carbocycles. The molecule has 1 atom stereocenters. The van der Waals surface area contributed by atoms with Crippen LogP contribution in [0.5, 0.6) is 0 Å². The lowest BCUT2D eigenvalue weighted by molar-refractivity contribution is -0.151. The van der Waals surface area contributed by atoms with E-state index in [4.69, 9.17) is 16.3 Å². The van der Waals surface area contributed by atoms with Gasteiger partial charge in [-0.1, -0.05) is 29.8 Å². The molecule has 5 heteroatoms. The molecular weight excluding hydrogens is 280 g/mol. The first kappa shape index (κ1) is 14.2. The highest BCUT2D eigenvalue weighted by Crippen LogP contribution is 2.17. The van der Waals surface area contributed by atoms with Crippen molar-refractivity contribution in [1.29, 1.82) is 0 Å². The highest BCUT2D eigenvalue weighted by atomic mass is 35.5. The lowest BCUT2D eigenvalue weighted by Crippen LogP contribution is -2.34. The SMILES string of the molecule is CC1=CC(=O)C(C(=O)/C=C/c2ccc(Cl)cc2)C(=O)O1. The Hall–Kier alpha value is -2.20. The highest BCUT2D eigenvalue weighted by Gasteiger charge is 2.36. The zero-order valence-corrected chi connectivity index (χ0v) is 11.4. The van der Waals surface area contributed by atoms with E-state index < -0.39 is 23.5 Å². The van der Waals surface area contributed by atoms with Crippen molar-refractivity contribution in [3.63, 3.8) is 0 Å². The minimum atomic E-state index is -1.40. The monoisotopic (exact) mass is 290 g/mol. The van der Waals surface area contributed by atoms with Crippen molar-refractivity contribution in [3.05, 3.63) is 52.8 Å². The third-order valence-corrected chi connectivity index (χ3v) is 2.97. The molecule has 0 fully saturated rings. The third-order valence-electron chi connectivity index (χ3n) is 2.72. The molecule has 102 valence electrons. The Labute approximate surface area is 120 Å². The molecule has 0 N–H and O–H groups in total. The first-order valence-corrected chi connectivity index (χ1v) is 6.26. The van der Waals surface area contributed by atoms with Crippen molar-refractivity contribution in [1.82, 2.24) is 0 Å². The van der Waals surface area contributed by atoms with Crippen LogP contribution in [-0.2, 0) is 19.1 Å². The molecule has 0 aromatic heterocycles. The summed E-state index contributed by atoms with van der Waals surface area (Å²) in [6.45, 7) is 1.49. The Morgan fingerprint density at radius 2 is 1.90 bits per heavy atom. The van der Waals surface area contributed by atoms with Crippen LogP contribution in [-0.4, -0.2) is 17.5 Å². The van der Waals surface area contributed by atoms with E-state index in [9.17, 15) is 14.4 Å². The van der Waals surface area contributed by atoms with Gasteiger partial charge in [0.05, 0.1) is 0 Å². The maximum absolute atomic E-state index is 11.9. The number of allylic oxidation sites excluding steroid dienone is 3. The minimum absolute atomic E-state index is 0.200. The number of rotatable bonds is 3. The van der Waals surface area contributed by atoms with Crippen LogP contribution < -0.4 is 0 Å². The van der Waals surface area contributed by atoms with Gasteiger partial charge >= 0.3 is 5.97 Å². The molecule has 4 nitrogen and oxygen atoms in total. The lowest BCUT2D eigenvalue weighted by Gasteiger charge is -2.15. The van der Waals surface area contributed by atoms with Gasteiger partial charge in [0.1, 0.15) is 5.76 Å². The van der Waals surface area contributed by atoms with Gasteiger partial charge in [0.15, 0.2) is 17.5 Å². The zero-order valence-electron chi connectivity index (χ0n) is 10.6. The lowest BCUT2D eigenvalue weighted by atomic mass is 9.96. The van der Waals surface area contributed by atoms with E-state index in [2.05, 4.69) is 0 Å². The summed E-state index contributed by atoms with van der Waals surface area (Å²) in [7, 11) is 0. The number of carbonyl (C=O) groups is 3. The molecule has 1 unspecified atom stereocenters. The predicted octanol–water partition coefficient (Wildman–Crippen LogP) is 2.57. The van der Waals surface area contributed by atoms with Gasteiger partial charge in [-0.25, -0.2) is 0 Å². The van der Waals surface area contributed by atoms with Gasteiger partial charge in [-0.3, -0.25) is 14.4 Å². The van der Waals surface area contributed by atoms with Gasteiger partial charge < -0.3 is 4.74 Å². The van der Waals surface area contributed by atoms with E-state index in [-0.39, 0.29) is 5.76 Å². The van der Waals surface area contributed by atoms with E-state index in [0.717, 1.165) is 11.6 Å². The molecule has 0 aliphatic carbocycles. The summed E-state index contributed by atoms with van der Waals surface area (Å²) in [5.41, 5.74) is 0.742. The van der Waals surface area contributed by atoms with Gasteiger partial charge in [-0.15, -0.1) is 0 Å². The Balaban J connectivity index is 2.14. The van der Waals surface area contributed by atoms with E-state index in [1.54, 1.807) is 24.3 Å². The second-order valence-electron chi connectivity index (χ2n) is 4.30. The van der Waals surface area contributed by atoms with Crippen LogP contribution in [0.4, 0.5) is 0 Å². The standard InChI is InChI=1S/C15H11ClO4/c1-9-8-13(18)14(15(19)20-9)12(17)7-4-10-2-5-11(16)6-3-10/h2-8,14H,1H3/b7-4+. The van der Waals surface area contributed by atoms with Gasteiger partial charge in [0.2, 0.25) is 0 Å². The highest BCUT2D eigenvalue weighted by molar-refractivity contribution is 6.30. The van der Waals surface area contributed by atoms with Gasteiger partial charge in [-0.05, 0) is 30.7 Å². The molecule has 0 saturated heterocycles. The molecule has 1 heterocycles. The Morgan fingerprint density at radius 1 is 1.25 bits per heavy atom. The number of benzene rings is 1. The predicted molar refractivity (Wildman–Crippen MR) is 73.8 cm³/mol. The number of cyclic esters (lactones) is 1. The third kappa shape index (κ3) is 3.22. The average molecular weight is 291 g/mol. The molecule has 20 heavy (non-hydrogen) atoms. The fourth-order valence-electron chi connectivity index (χ4n) is 1.75. The van der Waals surface area contributed by atoms with Gasteiger partial charge in [0, 0.05) is 11.1 Å². The molecular formula is C15H11ClO4. The first-order valence-electron chi connectivity index (χ1n) is 5.89. The van der Waals surface area contributed by atoms with Gasteiger partial charge in [-0.2, -0.15) is 0 Å². The van der Waals surface area contributed by atoms with Crippen molar-refractivity contribution in [2.24, 2.45) is 5.92 Å². The van der Waals surface area contributed by atoms with Gasteiger partial charge in [0.25, 0.3) is 0 Å². The van der Waals surface area contributed by atoms with Crippen molar-refractivity contribution < 1.29 is 19.1 Å². The second kappa shape index (κ2) is 5.84. The van der Waals surface area contributed by atoms with Crippen molar-refractivity contribution in [2.45, 2.75) is 6.92 Å². The summed E-state index contributed by atoms with van der Waals surface area (Å²) in [6.07, 6.45) is 3.87. The molecule has 2 rings (SSSR count). The zero-order chi connectivity index (χ0) is 14.7. The Morgan fingerprint density at radius 3 is 2.50 bits per heavy atom. The van der Waals surface area contributed by atoms with Crippen molar-refractivity contribution in [2.75, 3.05) is 0 Å². The van der Waals surface area contributed by atoms with Crippen LogP contribution in [0.2, 0.25) is 5.02 Å². The molecule has 0 bridgehead atoms. The summed E-state index contributed by atoms with van der Waals surface area (Å²) < 4.78 is 4.79. The maximum atomic E-state index is 11.9. The molecule has 0 spiro atoms. The number of hydrogen-bond donors (Lipinski definition) is 0. The normalized spacial score (nSPS) is 18.9. The number of esters is 1. The molecule has 1 aliphatic rings. The number of halogens is 1. The van der Waals surface area contributed by atoms with Crippen LogP contribution >= 0.6 is 11.6 Å².